The van der Waals surface area contributed by atoms with Crippen LogP contribution in [0.15, 0.2) is 0 Å². The summed E-state index contributed by atoms with van der Waals surface area (Å²) in [6, 6.07) is 0. The van der Waals surface area contributed by atoms with Gasteiger partial charge in [-0.2, -0.15) is 25.9 Å². The van der Waals surface area contributed by atoms with Crippen LogP contribution in [-0.4, -0.2) is 39.7 Å². The summed E-state index contributed by atoms with van der Waals surface area (Å²) in [6.07, 6.45) is 0.708. The molecule has 0 aromatic rings. The maximum absolute atomic E-state index is 12.1. The fourth-order valence-electron chi connectivity index (χ4n) is 1.09. The number of alkyl halides is 3. The van der Waals surface area contributed by atoms with Crippen molar-refractivity contribution in [1.82, 2.24) is 8.43 Å². The fraction of sp³-hybridized carbons (Fsp3) is 1.00. The number of halogens is 3. The van der Waals surface area contributed by atoms with Crippen molar-refractivity contribution in [2.24, 2.45) is 0 Å². The molecule has 0 saturated carbocycles. The summed E-state index contributed by atoms with van der Waals surface area (Å²) < 4.78 is 82.0. The van der Waals surface area contributed by atoms with E-state index in [1.54, 1.807) is 13.8 Å². The number of nitrogens with one attached hydrogen (secondary N) is 1. The number of nitrogens with zero attached hydrogens (tertiary/aromatic N) is 1. The van der Waals surface area contributed by atoms with Crippen molar-refractivity contribution in [1.29, 1.82) is 0 Å². The van der Waals surface area contributed by atoms with Crippen molar-refractivity contribution in [3.8, 4) is 0 Å². The predicted octanol–water partition coefficient (Wildman–Crippen LogP) is 0.792. The number of hydrogen-bond donors (Lipinski definition) is 1. The van der Waals surface area contributed by atoms with Crippen molar-refractivity contribution >= 4 is 20.2 Å². The van der Waals surface area contributed by atoms with Crippen molar-refractivity contribution < 1.29 is 30.0 Å². The highest BCUT2D eigenvalue weighted by molar-refractivity contribution is 8.04. The second-order valence-corrected chi connectivity index (χ2v) is 7.04. The minimum Gasteiger partial charge on any atom is -0.202 e. The van der Waals surface area contributed by atoms with E-state index in [2.05, 4.69) is 0 Å². The lowest BCUT2D eigenvalue weighted by molar-refractivity contribution is -0.0441. The summed E-state index contributed by atoms with van der Waals surface area (Å²) in [5, 5.41) is 0. The normalized spacial score (nSPS) is 14.1. The molecule has 110 valence electrons. The molecular formula is C7H15F3N2O4S2. The van der Waals surface area contributed by atoms with Gasteiger partial charge in [0.05, 0.1) is 0 Å². The summed E-state index contributed by atoms with van der Waals surface area (Å²) in [6.45, 7) is 3.12. The molecule has 11 heteroatoms. The maximum atomic E-state index is 12.1. The second-order valence-electron chi connectivity index (χ2n) is 3.44. The molecule has 1 N–H and O–H groups in total. The van der Waals surface area contributed by atoms with E-state index in [0.29, 0.717) is 21.3 Å². The molecule has 0 bridgehead atoms. The van der Waals surface area contributed by atoms with Crippen LogP contribution in [0.4, 0.5) is 13.2 Å². The Morgan fingerprint density at radius 1 is 1.00 bits per heavy atom. The summed E-state index contributed by atoms with van der Waals surface area (Å²) in [5.41, 5.74) is -5.66. The Labute approximate surface area is 104 Å². The summed E-state index contributed by atoms with van der Waals surface area (Å²) >= 11 is 0. The average Bonchev–Trinajstić information content (AvgIpc) is 2.14. The SMILES string of the molecule is CCCN(CCC)S(=O)(=O)NS(=O)(=O)C(F)(F)F. The van der Waals surface area contributed by atoms with Gasteiger partial charge in [0.25, 0.3) is 10.2 Å². The lowest BCUT2D eigenvalue weighted by atomic mass is 10.4. The van der Waals surface area contributed by atoms with E-state index >= 15 is 0 Å². The lowest BCUT2D eigenvalue weighted by Crippen LogP contribution is -2.48. The van der Waals surface area contributed by atoms with Crippen LogP contribution >= 0.6 is 0 Å². The van der Waals surface area contributed by atoms with Gasteiger partial charge in [-0.25, -0.2) is 8.42 Å². The number of sulfonamides is 1. The van der Waals surface area contributed by atoms with E-state index in [1.165, 1.54) is 0 Å². The van der Waals surface area contributed by atoms with Gasteiger partial charge in [-0.15, -0.1) is 0 Å². The minimum absolute atomic E-state index is 0.0590. The van der Waals surface area contributed by atoms with Gasteiger partial charge < -0.3 is 0 Å². The minimum atomic E-state index is -5.92. The predicted molar refractivity (Wildman–Crippen MR) is 59.2 cm³/mol. The smallest absolute Gasteiger partial charge is 0.202 e. The van der Waals surface area contributed by atoms with Gasteiger partial charge >= 0.3 is 15.5 Å². The zero-order chi connectivity index (χ0) is 14.6. The molecular weight excluding hydrogens is 297 g/mol. The Balaban J connectivity index is 5.16. The molecule has 6 nitrogen and oxygen atoms in total. The van der Waals surface area contributed by atoms with Gasteiger partial charge in [0.1, 0.15) is 0 Å². The summed E-state index contributed by atoms with van der Waals surface area (Å²) in [7, 11) is -10.6. The monoisotopic (exact) mass is 312 g/mol. The fourth-order valence-corrected chi connectivity index (χ4v) is 3.84. The van der Waals surface area contributed by atoms with Crippen molar-refractivity contribution in [2.75, 3.05) is 13.1 Å². The molecule has 0 aliphatic heterocycles. The standard InChI is InChI=1S/C7H15F3N2O4S2/c1-3-5-12(6-4-2)18(15,16)11-17(13,14)7(8,9)10/h11H,3-6H2,1-2H3. The van der Waals surface area contributed by atoms with Gasteiger partial charge in [0.15, 0.2) is 0 Å². The first-order valence-electron chi connectivity index (χ1n) is 5.08. The van der Waals surface area contributed by atoms with Crippen LogP contribution < -0.4 is 4.13 Å². The van der Waals surface area contributed by atoms with E-state index < -0.39 is 25.7 Å². The zero-order valence-electron chi connectivity index (χ0n) is 9.86. The third-order valence-electron chi connectivity index (χ3n) is 1.81. The second kappa shape index (κ2) is 6.17. The highest BCUT2D eigenvalue weighted by Gasteiger charge is 2.49. The Morgan fingerprint density at radius 2 is 1.39 bits per heavy atom. The molecule has 18 heavy (non-hydrogen) atoms. The van der Waals surface area contributed by atoms with Crippen molar-refractivity contribution in [2.45, 2.75) is 32.2 Å². The Kier molecular flexibility index (Phi) is 6.04. The number of rotatable bonds is 7. The molecule has 0 heterocycles. The third kappa shape index (κ3) is 4.71. The third-order valence-corrected chi connectivity index (χ3v) is 5.18. The first-order chi connectivity index (χ1) is 7.98. The van der Waals surface area contributed by atoms with Gasteiger partial charge in [-0.3, -0.25) is 0 Å². The van der Waals surface area contributed by atoms with Crippen LogP contribution in [0.1, 0.15) is 26.7 Å². The van der Waals surface area contributed by atoms with Crippen molar-refractivity contribution in [3.05, 3.63) is 0 Å². The molecule has 0 spiro atoms. The largest absolute Gasteiger partial charge is 0.512 e. The molecule has 0 amide bonds. The first-order valence-corrected chi connectivity index (χ1v) is 8.00. The molecule has 0 aromatic heterocycles. The highest BCUT2D eigenvalue weighted by atomic mass is 32.3. The molecule has 0 saturated heterocycles. The molecule has 0 unspecified atom stereocenters. The van der Waals surface area contributed by atoms with Crippen LogP contribution in [0.3, 0.4) is 0 Å². The van der Waals surface area contributed by atoms with Crippen molar-refractivity contribution in [3.63, 3.8) is 0 Å². The van der Waals surface area contributed by atoms with E-state index in [0.717, 1.165) is 0 Å². The van der Waals surface area contributed by atoms with Crippen LogP contribution in [0.2, 0.25) is 0 Å². The lowest BCUT2D eigenvalue weighted by Gasteiger charge is -2.21. The van der Waals surface area contributed by atoms with E-state index in [4.69, 9.17) is 0 Å². The Morgan fingerprint density at radius 3 is 1.67 bits per heavy atom. The maximum Gasteiger partial charge on any atom is 0.512 e. The van der Waals surface area contributed by atoms with E-state index in [-0.39, 0.29) is 13.1 Å². The number of hydrogen-bond acceptors (Lipinski definition) is 4. The Hall–Kier alpha value is -0.390. The summed E-state index contributed by atoms with van der Waals surface area (Å²) in [4.78, 5) is 0. The average molecular weight is 312 g/mol. The van der Waals surface area contributed by atoms with Gasteiger partial charge in [0, 0.05) is 13.1 Å². The van der Waals surface area contributed by atoms with Crippen LogP contribution in [0.5, 0.6) is 0 Å². The van der Waals surface area contributed by atoms with Gasteiger partial charge in [0.2, 0.25) is 0 Å². The van der Waals surface area contributed by atoms with Crippen LogP contribution in [0, 0.1) is 0 Å². The molecule has 0 aromatic carbocycles. The quantitative estimate of drug-likeness (QED) is 0.753. The first kappa shape index (κ1) is 17.6. The molecule has 0 fully saturated rings. The van der Waals surface area contributed by atoms with E-state index in [1.807, 2.05) is 0 Å². The molecule has 0 aliphatic rings. The molecule has 0 rings (SSSR count). The van der Waals surface area contributed by atoms with Gasteiger partial charge in [-0.1, -0.05) is 18.0 Å². The van der Waals surface area contributed by atoms with Gasteiger partial charge in [-0.05, 0) is 12.8 Å². The summed E-state index contributed by atoms with van der Waals surface area (Å²) in [5.74, 6) is 0. The topological polar surface area (TPSA) is 83.6 Å². The molecule has 0 atom stereocenters. The molecule has 0 radical (unpaired) electrons. The van der Waals surface area contributed by atoms with Crippen LogP contribution in [0.25, 0.3) is 0 Å². The zero-order valence-corrected chi connectivity index (χ0v) is 11.5. The van der Waals surface area contributed by atoms with Crippen LogP contribution in [-0.2, 0) is 20.2 Å². The Bertz CT molecular complexity index is 452. The molecule has 0 aliphatic carbocycles. The highest BCUT2D eigenvalue weighted by Crippen LogP contribution is 2.22. The van der Waals surface area contributed by atoms with E-state index in [9.17, 15) is 30.0 Å².